The van der Waals surface area contributed by atoms with Gasteiger partial charge >= 0.3 is 58.2 Å². The number of carbonyl (C=O) groups excluding carboxylic acids is 1. The molecule has 0 unspecified atom stereocenters. The van der Waals surface area contributed by atoms with Crippen LogP contribution in [-0.2, 0) is 0 Å². The van der Waals surface area contributed by atoms with Crippen molar-refractivity contribution >= 4 is 17.3 Å². The van der Waals surface area contributed by atoms with Gasteiger partial charge in [0, 0.05) is 16.9 Å². The van der Waals surface area contributed by atoms with Crippen LogP contribution in [0.4, 0.5) is 11.4 Å². The Balaban J connectivity index is 0.00000121. The van der Waals surface area contributed by atoms with E-state index in [-0.39, 0.29) is 63.8 Å². The van der Waals surface area contributed by atoms with Crippen LogP contribution in [0, 0.1) is 0 Å². The van der Waals surface area contributed by atoms with Crippen LogP contribution in [0.3, 0.4) is 0 Å². The zero-order valence-electron chi connectivity index (χ0n) is 6.70. The molecule has 4 nitrogen and oxygen atoms in total. The number of anilines is 2. The summed E-state index contributed by atoms with van der Waals surface area (Å²) in [5.74, 6) is -1.27. The average Bonchev–Trinajstić information content (AvgIpc) is 1.85. The smallest absolute Gasteiger partial charge is 0.545 e. The summed E-state index contributed by atoms with van der Waals surface area (Å²) < 4.78 is 0. The van der Waals surface area contributed by atoms with Gasteiger partial charge in [0.15, 0.2) is 0 Å². The van der Waals surface area contributed by atoms with Crippen molar-refractivity contribution < 1.29 is 68.1 Å². The fourth-order valence-electron chi connectivity index (χ4n) is 0.794. The molecule has 0 atom stereocenters. The summed E-state index contributed by atoms with van der Waals surface area (Å²) in [6.45, 7) is 0. The molecule has 0 saturated carbocycles. The van der Waals surface area contributed by atoms with Crippen molar-refractivity contribution in [2.75, 3.05) is 11.5 Å². The molecule has 0 aromatic heterocycles. The van der Waals surface area contributed by atoms with E-state index in [4.69, 9.17) is 11.5 Å². The molecule has 0 spiro atoms. The molecule has 0 aliphatic rings. The zero-order valence-corrected chi connectivity index (χ0v) is 11.6. The molecule has 4 N–H and O–H groups in total. The number of hydrogen-bond donors (Lipinski definition) is 2. The Kier molecular flexibility index (Phi) is 5.00. The van der Waals surface area contributed by atoms with Crippen LogP contribution in [0.15, 0.2) is 18.2 Å². The van der Waals surface area contributed by atoms with Crippen LogP contribution in [0.1, 0.15) is 10.4 Å². The first-order valence-electron chi connectivity index (χ1n) is 2.97. The molecule has 0 saturated heterocycles. The third-order valence-electron chi connectivity index (χ3n) is 1.21. The molecule has 0 aliphatic carbocycles. The minimum atomic E-state index is -1.27. The van der Waals surface area contributed by atoms with Crippen LogP contribution >= 0.6 is 0 Å². The average molecular weight is 237 g/mol. The summed E-state index contributed by atoms with van der Waals surface area (Å²) >= 11 is 0. The Labute approximate surface area is 119 Å². The van der Waals surface area contributed by atoms with Gasteiger partial charge in [0.2, 0.25) is 0 Å². The zero-order chi connectivity index (χ0) is 8.43. The van der Waals surface area contributed by atoms with E-state index >= 15 is 0 Å². The fraction of sp³-hybridized carbons (Fsp3) is 0. The molecule has 0 aliphatic heterocycles. The van der Waals surface area contributed by atoms with Crippen molar-refractivity contribution in [1.82, 2.24) is 0 Å². The monoisotopic (exact) mass is 236 g/mol. The van der Waals surface area contributed by atoms with E-state index in [1.54, 1.807) is 0 Å². The van der Waals surface area contributed by atoms with E-state index in [1.807, 2.05) is 0 Å². The first-order valence-corrected chi connectivity index (χ1v) is 2.97. The molecule has 0 heterocycles. The molecule has 0 amide bonds. The van der Waals surface area contributed by atoms with Crippen molar-refractivity contribution in [2.45, 2.75) is 0 Å². The third-order valence-corrected chi connectivity index (χ3v) is 1.21. The molecule has 58 valence electrons. The minimum Gasteiger partial charge on any atom is -0.545 e. The first kappa shape index (κ1) is 12.1. The Bertz CT molecular complexity index is 281. The van der Waals surface area contributed by atoms with E-state index in [1.165, 1.54) is 18.2 Å². The fourth-order valence-corrected chi connectivity index (χ4v) is 0.794. The van der Waals surface area contributed by atoms with Crippen molar-refractivity contribution in [3.8, 4) is 0 Å². The second kappa shape index (κ2) is 4.96. The van der Waals surface area contributed by atoms with Gasteiger partial charge in [-0.25, -0.2) is 0 Å². The second-order valence-corrected chi connectivity index (χ2v) is 2.18. The molecular weight excluding hydrogens is 230 g/mol. The van der Waals surface area contributed by atoms with Gasteiger partial charge in [-0.2, -0.15) is 0 Å². The summed E-state index contributed by atoms with van der Waals surface area (Å²) in [7, 11) is 0. The maximum absolute atomic E-state index is 10.3. The Morgan fingerprint density at radius 3 is 1.92 bits per heavy atom. The van der Waals surface area contributed by atoms with E-state index in [0.29, 0.717) is 11.4 Å². The Morgan fingerprint density at radius 2 is 1.58 bits per heavy atom. The third kappa shape index (κ3) is 3.22. The predicted molar refractivity (Wildman–Crippen MR) is 39.6 cm³/mol. The number of nitrogen functional groups attached to an aromatic ring is 2. The standard InChI is InChI=1S/C7H8N2O2.Rb/c8-5-1-4(7(10)11)2-6(9)3-5;/h1-3H,8-9H2,(H,10,11);/q;+1/p-1. The van der Waals surface area contributed by atoms with Crippen molar-refractivity contribution in [3.05, 3.63) is 23.8 Å². The summed E-state index contributed by atoms with van der Waals surface area (Å²) in [6.07, 6.45) is 0. The van der Waals surface area contributed by atoms with Crippen molar-refractivity contribution in [3.63, 3.8) is 0 Å². The van der Waals surface area contributed by atoms with E-state index in [2.05, 4.69) is 0 Å². The number of rotatable bonds is 1. The summed E-state index contributed by atoms with van der Waals surface area (Å²) in [5.41, 5.74) is 11.3. The van der Waals surface area contributed by atoms with Gasteiger partial charge in [-0.3, -0.25) is 0 Å². The molecule has 0 bridgehead atoms. The van der Waals surface area contributed by atoms with Gasteiger partial charge in [0.05, 0.1) is 5.97 Å². The van der Waals surface area contributed by atoms with Gasteiger partial charge < -0.3 is 21.4 Å². The Hall–Kier alpha value is 0.0952. The van der Waals surface area contributed by atoms with Crippen molar-refractivity contribution in [1.29, 1.82) is 0 Å². The van der Waals surface area contributed by atoms with Crippen LogP contribution < -0.4 is 74.8 Å². The van der Waals surface area contributed by atoms with Gasteiger partial charge in [-0.1, -0.05) is 0 Å². The van der Waals surface area contributed by atoms with Gasteiger partial charge in [0.25, 0.3) is 0 Å². The quantitative estimate of drug-likeness (QED) is 0.490. The molecule has 5 heteroatoms. The topological polar surface area (TPSA) is 92.2 Å². The maximum atomic E-state index is 10.3. The van der Waals surface area contributed by atoms with E-state index < -0.39 is 5.97 Å². The molecule has 1 aromatic rings. The normalized spacial score (nSPS) is 8.67. The largest absolute Gasteiger partial charge is 1.00 e. The predicted octanol–water partition coefficient (Wildman–Crippen LogP) is -3.78. The Morgan fingerprint density at radius 1 is 1.17 bits per heavy atom. The maximum Gasteiger partial charge on any atom is 1.00 e. The van der Waals surface area contributed by atoms with E-state index in [9.17, 15) is 9.90 Å². The number of carboxylic acids is 1. The number of carboxylic acid groups (broad SMARTS) is 1. The molecule has 1 rings (SSSR count). The number of aromatic carboxylic acids is 1. The summed E-state index contributed by atoms with van der Waals surface area (Å²) in [5, 5.41) is 10.3. The summed E-state index contributed by atoms with van der Waals surface area (Å²) in [4.78, 5) is 10.3. The SMILES string of the molecule is Nc1cc(N)cc(C(=O)[O-])c1.[Rb+]. The molecule has 0 fully saturated rings. The van der Waals surface area contributed by atoms with Gasteiger partial charge in [0.1, 0.15) is 0 Å². The van der Waals surface area contributed by atoms with Crippen LogP contribution in [0.2, 0.25) is 0 Å². The van der Waals surface area contributed by atoms with Crippen LogP contribution in [-0.4, -0.2) is 5.97 Å². The van der Waals surface area contributed by atoms with Crippen LogP contribution in [0.25, 0.3) is 0 Å². The van der Waals surface area contributed by atoms with Gasteiger partial charge in [-0.15, -0.1) is 0 Å². The number of nitrogens with two attached hydrogens (primary N) is 2. The number of hydrogen-bond acceptors (Lipinski definition) is 4. The molecule has 1 aromatic carbocycles. The van der Waals surface area contributed by atoms with Crippen LogP contribution in [0.5, 0.6) is 0 Å². The summed E-state index contributed by atoms with van der Waals surface area (Å²) in [6, 6.07) is 4.07. The van der Waals surface area contributed by atoms with Gasteiger partial charge in [-0.05, 0) is 18.2 Å². The molecule has 0 radical (unpaired) electrons. The van der Waals surface area contributed by atoms with Crippen molar-refractivity contribution in [2.24, 2.45) is 0 Å². The number of benzene rings is 1. The molecular formula is C7H7N2O2Rb. The number of carbonyl (C=O) groups is 1. The molecule has 12 heavy (non-hydrogen) atoms. The first-order chi connectivity index (χ1) is 5.09. The van der Waals surface area contributed by atoms with E-state index in [0.717, 1.165) is 0 Å². The second-order valence-electron chi connectivity index (χ2n) is 2.18. The minimum absolute atomic E-state index is 0.